The van der Waals surface area contributed by atoms with Crippen molar-refractivity contribution >= 4 is 17.2 Å². The fourth-order valence-electron chi connectivity index (χ4n) is 0.932. The summed E-state index contributed by atoms with van der Waals surface area (Å²) in [6.07, 6.45) is 0.905. The summed E-state index contributed by atoms with van der Waals surface area (Å²) in [6, 6.07) is 0. The Balaban J connectivity index is 2.69. The first-order valence-corrected chi connectivity index (χ1v) is 4.96. The zero-order valence-corrected chi connectivity index (χ0v) is 8.52. The normalized spacial score (nSPS) is 10.5. The summed E-state index contributed by atoms with van der Waals surface area (Å²) in [4.78, 5) is 15.2. The van der Waals surface area contributed by atoms with Gasteiger partial charge in [0.1, 0.15) is 5.69 Å². The van der Waals surface area contributed by atoms with Crippen LogP contribution >= 0.6 is 11.3 Å². The summed E-state index contributed by atoms with van der Waals surface area (Å²) in [6.45, 7) is 4.23. The van der Waals surface area contributed by atoms with Crippen LogP contribution < -0.4 is 11.3 Å². The average molecular weight is 199 g/mol. The van der Waals surface area contributed by atoms with Gasteiger partial charge in [-0.05, 0) is 5.92 Å². The number of carbonyl (C=O) groups is 1. The van der Waals surface area contributed by atoms with Gasteiger partial charge in [0.05, 0.1) is 5.01 Å². The van der Waals surface area contributed by atoms with Crippen LogP contribution in [0.4, 0.5) is 0 Å². The topological polar surface area (TPSA) is 68.0 Å². The Morgan fingerprint density at radius 2 is 2.46 bits per heavy atom. The first kappa shape index (κ1) is 10.1. The van der Waals surface area contributed by atoms with Crippen LogP contribution in [-0.2, 0) is 6.42 Å². The predicted molar refractivity (Wildman–Crippen MR) is 52.3 cm³/mol. The Kier molecular flexibility index (Phi) is 3.39. The van der Waals surface area contributed by atoms with Gasteiger partial charge in [-0.3, -0.25) is 10.2 Å². The van der Waals surface area contributed by atoms with Crippen LogP contribution in [0.2, 0.25) is 0 Å². The molecule has 1 heterocycles. The number of thiazole rings is 1. The largest absolute Gasteiger partial charge is 0.289 e. The fourth-order valence-corrected chi connectivity index (χ4v) is 1.92. The van der Waals surface area contributed by atoms with Gasteiger partial charge in [-0.15, -0.1) is 11.3 Å². The first-order chi connectivity index (χ1) is 6.13. The van der Waals surface area contributed by atoms with Crippen molar-refractivity contribution in [2.45, 2.75) is 20.3 Å². The molecule has 0 saturated heterocycles. The molecule has 1 rings (SSSR count). The molecule has 3 N–H and O–H groups in total. The molecule has 0 aliphatic rings. The van der Waals surface area contributed by atoms with E-state index in [-0.39, 0.29) is 5.91 Å². The van der Waals surface area contributed by atoms with Crippen molar-refractivity contribution in [2.24, 2.45) is 11.8 Å². The van der Waals surface area contributed by atoms with E-state index in [0.29, 0.717) is 11.6 Å². The Morgan fingerprint density at radius 3 is 3.00 bits per heavy atom. The molecule has 0 bridgehead atoms. The molecule has 0 spiro atoms. The SMILES string of the molecule is CC(C)Cc1nc(C(=O)NN)cs1. The van der Waals surface area contributed by atoms with E-state index in [9.17, 15) is 4.79 Å². The van der Waals surface area contributed by atoms with Gasteiger partial charge in [-0.2, -0.15) is 0 Å². The van der Waals surface area contributed by atoms with Gasteiger partial charge in [-0.1, -0.05) is 13.8 Å². The van der Waals surface area contributed by atoms with Gasteiger partial charge in [0.15, 0.2) is 0 Å². The maximum Gasteiger partial charge on any atom is 0.284 e. The van der Waals surface area contributed by atoms with Gasteiger partial charge in [0.25, 0.3) is 5.91 Å². The Morgan fingerprint density at radius 1 is 1.77 bits per heavy atom. The number of hydrogen-bond acceptors (Lipinski definition) is 4. The summed E-state index contributed by atoms with van der Waals surface area (Å²) in [5.74, 6) is 5.21. The van der Waals surface area contributed by atoms with Crippen LogP contribution in [-0.4, -0.2) is 10.9 Å². The number of nitrogens with one attached hydrogen (secondary N) is 1. The van der Waals surface area contributed by atoms with E-state index in [0.717, 1.165) is 11.4 Å². The first-order valence-electron chi connectivity index (χ1n) is 4.09. The third-order valence-electron chi connectivity index (χ3n) is 1.50. The highest BCUT2D eigenvalue weighted by molar-refractivity contribution is 7.09. The molecule has 5 heteroatoms. The number of hydrogen-bond donors (Lipinski definition) is 2. The van der Waals surface area contributed by atoms with E-state index < -0.39 is 0 Å². The highest BCUT2D eigenvalue weighted by Gasteiger charge is 2.09. The van der Waals surface area contributed by atoms with Gasteiger partial charge >= 0.3 is 0 Å². The molecule has 1 aromatic rings. The highest BCUT2D eigenvalue weighted by Crippen LogP contribution is 2.13. The lowest BCUT2D eigenvalue weighted by Crippen LogP contribution is -2.30. The minimum Gasteiger partial charge on any atom is -0.289 e. The minimum absolute atomic E-state index is 0.328. The third-order valence-corrected chi connectivity index (χ3v) is 2.37. The van der Waals surface area contributed by atoms with Crippen molar-refractivity contribution in [3.63, 3.8) is 0 Å². The molecular formula is C8H13N3OS. The molecule has 72 valence electrons. The fraction of sp³-hybridized carbons (Fsp3) is 0.500. The van der Waals surface area contributed by atoms with Crippen LogP contribution in [0.3, 0.4) is 0 Å². The second-order valence-corrected chi connectivity index (χ2v) is 4.14. The number of rotatable bonds is 3. The van der Waals surface area contributed by atoms with Crippen LogP contribution in [0.15, 0.2) is 5.38 Å². The number of hydrazine groups is 1. The van der Waals surface area contributed by atoms with Crippen LogP contribution in [0.1, 0.15) is 29.3 Å². The van der Waals surface area contributed by atoms with Crippen LogP contribution in [0.5, 0.6) is 0 Å². The Bertz CT molecular complexity index is 295. The number of nitrogens with zero attached hydrogens (tertiary/aromatic N) is 1. The number of aromatic nitrogens is 1. The molecule has 1 aromatic heterocycles. The van der Waals surface area contributed by atoms with Crippen molar-refractivity contribution in [3.05, 3.63) is 16.1 Å². The number of carbonyl (C=O) groups excluding carboxylic acids is 1. The van der Waals surface area contributed by atoms with Crippen molar-refractivity contribution in [3.8, 4) is 0 Å². The van der Waals surface area contributed by atoms with E-state index >= 15 is 0 Å². The van der Waals surface area contributed by atoms with E-state index in [1.165, 1.54) is 11.3 Å². The second kappa shape index (κ2) is 4.34. The summed E-state index contributed by atoms with van der Waals surface area (Å²) in [5, 5.41) is 2.70. The lowest BCUT2D eigenvalue weighted by molar-refractivity contribution is 0.0949. The maximum atomic E-state index is 11.0. The summed E-state index contributed by atoms with van der Waals surface area (Å²) >= 11 is 1.49. The summed E-state index contributed by atoms with van der Waals surface area (Å²) < 4.78 is 0. The smallest absolute Gasteiger partial charge is 0.284 e. The van der Waals surface area contributed by atoms with Crippen molar-refractivity contribution in [1.29, 1.82) is 0 Å². The molecule has 0 atom stereocenters. The zero-order valence-electron chi connectivity index (χ0n) is 7.70. The van der Waals surface area contributed by atoms with Gasteiger partial charge in [-0.25, -0.2) is 10.8 Å². The molecule has 0 aliphatic carbocycles. The second-order valence-electron chi connectivity index (χ2n) is 3.20. The lowest BCUT2D eigenvalue weighted by Gasteiger charge is -1.98. The van der Waals surface area contributed by atoms with E-state index in [1.54, 1.807) is 5.38 Å². The molecule has 0 fully saturated rings. The Labute approximate surface area is 81.1 Å². The van der Waals surface area contributed by atoms with Gasteiger partial charge in [0.2, 0.25) is 0 Å². The monoisotopic (exact) mass is 199 g/mol. The average Bonchev–Trinajstić information content (AvgIpc) is 2.50. The predicted octanol–water partition coefficient (Wildman–Crippen LogP) is 0.945. The minimum atomic E-state index is -0.328. The highest BCUT2D eigenvalue weighted by atomic mass is 32.1. The van der Waals surface area contributed by atoms with Crippen LogP contribution in [0, 0.1) is 5.92 Å². The lowest BCUT2D eigenvalue weighted by atomic mass is 10.1. The number of nitrogen functional groups attached to an aromatic ring is 1. The van der Waals surface area contributed by atoms with Crippen LogP contribution in [0.25, 0.3) is 0 Å². The molecule has 0 unspecified atom stereocenters. The van der Waals surface area contributed by atoms with E-state index in [1.807, 2.05) is 0 Å². The standard InChI is InChI=1S/C8H13N3OS/c1-5(2)3-7-10-6(4-13-7)8(12)11-9/h4-5H,3,9H2,1-2H3,(H,11,12). The number of nitrogens with two attached hydrogens (primary N) is 1. The van der Waals surface area contributed by atoms with Crippen molar-refractivity contribution in [2.75, 3.05) is 0 Å². The molecular weight excluding hydrogens is 186 g/mol. The third kappa shape index (κ3) is 2.78. The summed E-state index contributed by atoms with van der Waals surface area (Å²) in [5.41, 5.74) is 2.46. The van der Waals surface area contributed by atoms with Gasteiger partial charge < -0.3 is 0 Å². The molecule has 1 amide bonds. The molecule has 0 aromatic carbocycles. The molecule has 4 nitrogen and oxygen atoms in total. The van der Waals surface area contributed by atoms with Crippen molar-refractivity contribution in [1.82, 2.24) is 10.4 Å². The van der Waals surface area contributed by atoms with E-state index in [2.05, 4.69) is 24.3 Å². The zero-order chi connectivity index (χ0) is 9.84. The van der Waals surface area contributed by atoms with Crippen molar-refractivity contribution < 1.29 is 4.79 Å². The van der Waals surface area contributed by atoms with Gasteiger partial charge in [0, 0.05) is 11.8 Å². The molecule has 0 radical (unpaired) electrons. The molecule has 0 saturated carbocycles. The Hall–Kier alpha value is -0.940. The molecule has 0 aliphatic heterocycles. The maximum absolute atomic E-state index is 11.0. The van der Waals surface area contributed by atoms with E-state index in [4.69, 9.17) is 5.84 Å². The summed E-state index contributed by atoms with van der Waals surface area (Å²) in [7, 11) is 0. The number of amides is 1. The molecule has 13 heavy (non-hydrogen) atoms. The quantitative estimate of drug-likeness (QED) is 0.432.